The van der Waals surface area contributed by atoms with Gasteiger partial charge in [0, 0.05) is 10.8 Å². The number of hydrogen-bond acceptors (Lipinski definition) is 3. The second-order valence-corrected chi connectivity index (χ2v) is 11.8. The Bertz CT molecular complexity index is 127. The van der Waals surface area contributed by atoms with Crippen molar-refractivity contribution in [1.29, 1.82) is 0 Å². The Morgan fingerprint density at radius 2 is 1.62 bits per heavy atom. The summed E-state index contributed by atoms with van der Waals surface area (Å²) in [6.45, 7) is 0. The van der Waals surface area contributed by atoms with Gasteiger partial charge in [-0.2, -0.15) is 0 Å². The minimum atomic E-state index is -2.41. The van der Waals surface area contributed by atoms with E-state index in [1.54, 1.807) is 0 Å². The highest BCUT2D eigenvalue weighted by Crippen LogP contribution is 2.44. The highest BCUT2D eigenvalue weighted by molar-refractivity contribution is 9.43. The summed E-state index contributed by atoms with van der Waals surface area (Å²) in [5.74, 6) is 0. The molecule has 0 aromatic carbocycles. The molecule has 0 heterocycles. The molecule has 0 amide bonds. The zero-order chi connectivity index (χ0) is 6.78. The molecule has 0 fully saturated rings. The van der Waals surface area contributed by atoms with Crippen molar-refractivity contribution in [2.45, 2.75) is 1.47 Å². The number of rotatable bonds is 1. The molecule has 8 heavy (non-hydrogen) atoms. The van der Waals surface area contributed by atoms with E-state index in [-0.39, 0.29) is 0 Å². The first-order chi connectivity index (χ1) is 3.42. The van der Waals surface area contributed by atoms with Gasteiger partial charge in [0.2, 0.25) is 0 Å². The molecule has 0 rings (SSSR count). The lowest BCUT2D eigenvalue weighted by atomic mass is 11.9. The van der Waals surface area contributed by atoms with Crippen LogP contribution in [0.25, 0.3) is 0 Å². The quantitative estimate of drug-likeness (QED) is 0.447. The Morgan fingerprint density at radius 3 is 1.62 bits per heavy atom. The van der Waals surface area contributed by atoms with Gasteiger partial charge in [0.05, 0.1) is 0 Å². The second-order valence-electron chi connectivity index (χ2n) is 0.761. The Morgan fingerprint density at radius 1 is 1.25 bits per heavy atom. The van der Waals surface area contributed by atoms with E-state index in [4.69, 9.17) is 0 Å². The summed E-state index contributed by atoms with van der Waals surface area (Å²) < 4.78 is 19.1. The van der Waals surface area contributed by atoms with E-state index in [0.29, 0.717) is 10.8 Å². The lowest BCUT2D eigenvalue weighted by Gasteiger charge is -2.02. The zero-order valence-electron chi connectivity index (χ0n) is 3.31. The molecule has 0 N–H and O–H groups in total. The van der Waals surface area contributed by atoms with Crippen molar-refractivity contribution in [3.63, 3.8) is 0 Å². The summed E-state index contributed by atoms with van der Waals surface area (Å²) in [6, 6.07) is 0. The normalized spacial score (nSPS) is 12.5. The fraction of sp³-hybridized carbons (Fsp3) is 1.00. The first-order valence-corrected chi connectivity index (χ1v) is 6.30. The summed E-state index contributed by atoms with van der Waals surface area (Å²) >= 11 is 8.97. The van der Waals surface area contributed by atoms with Crippen molar-refractivity contribution in [2.75, 3.05) is 0 Å². The van der Waals surface area contributed by atoms with Gasteiger partial charge in [-0.25, -0.2) is 8.42 Å². The Balaban J connectivity index is 3.73. The van der Waals surface area contributed by atoms with Crippen LogP contribution in [-0.2, 0) is 9.74 Å². The fourth-order valence-corrected chi connectivity index (χ4v) is 3.95. The molecule has 0 saturated heterocycles. The van der Waals surface area contributed by atoms with Crippen LogP contribution in [0.1, 0.15) is 0 Å². The minimum Gasteiger partial charge on any atom is -0.220 e. The smallest absolute Gasteiger partial charge is 0.194 e. The molecule has 0 radical (unpaired) electrons. The first-order valence-electron chi connectivity index (χ1n) is 1.32. The standard InChI is InChI=1S/CHBr3O2S2/c2-1(3,4)7-8(5)6/h8H. The molecule has 0 aromatic heterocycles. The zero-order valence-corrected chi connectivity index (χ0v) is 9.77. The molecular formula is CHBr3O2S2. The highest BCUT2D eigenvalue weighted by atomic mass is 80.0. The van der Waals surface area contributed by atoms with E-state index < -0.39 is 11.2 Å². The van der Waals surface area contributed by atoms with Crippen molar-refractivity contribution in [3.8, 4) is 0 Å². The highest BCUT2D eigenvalue weighted by Gasteiger charge is 2.19. The maximum Gasteiger partial charge on any atom is 0.194 e. The molecule has 0 bridgehead atoms. The van der Waals surface area contributed by atoms with Crippen molar-refractivity contribution in [1.82, 2.24) is 0 Å². The van der Waals surface area contributed by atoms with Gasteiger partial charge in [0.1, 0.15) is 0 Å². The number of hydrogen-bond donors (Lipinski definition) is 1. The second kappa shape index (κ2) is 3.80. The Hall–Kier alpha value is 1.74. The van der Waals surface area contributed by atoms with Crippen molar-refractivity contribution < 1.29 is 8.42 Å². The van der Waals surface area contributed by atoms with E-state index in [0.717, 1.165) is 0 Å². The van der Waals surface area contributed by atoms with Crippen LogP contribution < -0.4 is 0 Å². The van der Waals surface area contributed by atoms with Crippen LogP contribution in [0.2, 0.25) is 0 Å². The van der Waals surface area contributed by atoms with Gasteiger partial charge in [0.15, 0.2) is 11.2 Å². The molecule has 0 atom stereocenters. The monoisotopic (exact) mass is 346 g/mol. The molecule has 2 nitrogen and oxygen atoms in total. The molecule has 0 unspecified atom stereocenters. The summed E-state index contributed by atoms with van der Waals surface area (Å²) in [6.07, 6.45) is 0. The maximum absolute atomic E-state index is 9.92. The summed E-state index contributed by atoms with van der Waals surface area (Å²) in [5, 5.41) is 0. The molecule has 0 aliphatic heterocycles. The summed E-state index contributed by atoms with van der Waals surface area (Å²) in [7, 11) is -1.70. The fourth-order valence-electron chi connectivity index (χ4n) is 0.0845. The predicted octanol–water partition coefficient (Wildman–Crippen LogP) is 2.04. The third-order valence-electron chi connectivity index (χ3n) is 0.178. The van der Waals surface area contributed by atoms with Gasteiger partial charge < -0.3 is 0 Å². The molecular weight excluding hydrogens is 348 g/mol. The molecule has 50 valence electrons. The lowest BCUT2D eigenvalue weighted by Crippen LogP contribution is -1.88. The molecule has 7 heteroatoms. The molecule has 0 aliphatic carbocycles. The van der Waals surface area contributed by atoms with E-state index in [1.807, 2.05) is 0 Å². The van der Waals surface area contributed by atoms with Crippen molar-refractivity contribution in [2.24, 2.45) is 0 Å². The van der Waals surface area contributed by atoms with Gasteiger partial charge in [-0.05, 0) is 47.8 Å². The van der Waals surface area contributed by atoms with Crippen LogP contribution in [0.15, 0.2) is 0 Å². The van der Waals surface area contributed by atoms with Crippen LogP contribution in [0.4, 0.5) is 0 Å². The van der Waals surface area contributed by atoms with Crippen molar-refractivity contribution in [3.05, 3.63) is 0 Å². The lowest BCUT2D eigenvalue weighted by molar-refractivity contribution is 0.627. The van der Waals surface area contributed by atoms with Crippen LogP contribution in [0, 0.1) is 0 Å². The van der Waals surface area contributed by atoms with Crippen molar-refractivity contribution >= 4 is 68.3 Å². The molecule has 0 aliphatic rings. The van der Waals surface area contributed by atoms with Crippen LogP contribution in [0.3, 0.4) is 0 Å². The largest absolute Gasteiger partial charge is 0.220 e. The Kier molecular flexibility index (Phi) is 4.63. The first kappa shape index (κ1) is 9.74. The van der Waals surface area contributed by atoms with Gasteiger partial charge in [-0.15, -0.1) is 0 Å². The third kappa shape index (κ3) is 7.74. The van der Waals surface area contributed by atoms with E-state index in [1.165, 1.54) is 0 Å². The summed E-state index contributed by atoms with van der Waals surface area (Å²) in [5.41, 5.74) is 0. The van der Waals surface area contributed by atoms with Crippen LogP contribution in [-0.4, -0.2) is 9.89 Å². The van der Waals surface area contributed by atoms with Gasteiger partial charge in [0.25, 0.3) is 0 Å². The topological polar surface area (TPSA) is 34.1 Å². The van der Waals surface area contributed by atoms with Crippen LogP contribution in [0.5, 0.6) is 0 Å². The molecule has 0 spiro atoms. The number of alkyl halides is 3. The maximum atomic E-state index is 9.92. The average molecular weight is 349 g/mol. The van der Waals surface area contributed by atoms with E-state index >= 15 is 0 Å². The molecule has 0 saturated carbocycles. The average Bonchev–Trinajstić information content (AvgIpc) is 1.21. The molecule has 0 aromatic rings. The minimum absolute atomic E-state index is 0.715. The van der Waals surface area contributed by atoms with Crippen LogP contribution >= 0.6 is 58.6 Å². The number of halogens is 3. The van der Waals surface area contributed by atoms with E-state index in [9.17, 15) is 8.42 Å². The third-order valence-corrected chi connectivity index (χ3v) is 5.51. The van der Waals surface area contributed by atoms with Gasteiger partial charge in [-0.1, -0.05) is 0 Å². The Labute approximate surface area is 77.5 Å². The predicted molar refractivity (Wildman–Crippen MR) is 47.4 cm³/mol. The SMILES string of the molecule is O=[SH](=O)SC(Br)(Br)Br. The number of thiol groups is 1. The van der Waals surface area contributed by atoms with E-state index in [2.05, 4.69) is 47.8 Å². The summed E-state index contributed by atoms with van der Waals surface area (Å²) in [4.78, 5) is 0. The van der Waals surface area contributed by atoms with Gasteiger partial charge >= 0.3 is 0 Å². The van der Waals surface area contributed by atoms with Gasteiger partial charge in [-0.3, -0.25) is 0 Å².